The summed E-state index contributed by atoms with van der Waals surface area (Å²) < 4.78 is 4.90. The molecule has 2 unspecified atom stereocenters. The Labute approximate surface area is 142 Å². The summed E-state index contributed by atoms with van der Waals surface area (Å²) in [5.41, 5.74) is 7.71. The van der Waals surface area contributed by atoms with E-state index >= 15 is 0 Å². The number of carbonyl (C=O) groups is 1. The lowest BCUT2D eigenvalue weighted by Crippen LogP contribution is -2.44. The Morgan fingerprint density at radius 2 is 2.09 bits per heavy atom. The number of benzene rings is 1. The minimum Gasteiger partial charge on any atom is -0.383 e. The molecule has 1 aromatic heterocycles. The second-order valence-corrected chi connectivity index (χ2v) is 5.08. The van der Waals surface area contributed by atoms with E-state index < -0.39 is 6.04 Å². The molecule has 2 aromatic rings. The van der Waals surface area contributed by atoms with E-state index in [1.807, 2.05) is 37.3 Å². The maximum atomic E-state index is 12.0. The number of H-pyrrole nitrogens is 1. The quantitative estimate of drug-likeness (QED) is 0.720. The van der Waals surface area contributed by atoms with E-state index in [0.29, 0.717) is 6.42 Å². The Kier molecular flexibility index (Phi) is 7.74. The van der Waals surface area contributed by atoms with Crippen LogP contribution in [0, 0.1) is 0 Å². The van der Waals surface area contributed by atoms with Gasteiger partial charge >= 0.3 is 0 Å². The van der Waals surface area contributed by atoms with Crippen LogP contribution in [-0.2, 0) is 9.53 Å². The number of rotatable bonds is 7. The molecule has 6 nitrogen and oxygen atoms in total. The van der Waals surface area contributed by atoms with Crippen molar-refractivity contribution in [2.75, 3.05) is 13.7 Å². The molecule has 0 spiro atoms. The van der Waals surface area contributed by atoms with Crippen molar-refractivity contribution in [3.63, 3.8) is 0 Å². The van der Waals surface area contributed by atoms with Crippen LogP contribution < -0.4 is 11.1 Å². The Bertz CT molecular complexity index is 603. The lowest BCUT2D eigenvalue weighted by molar-refractivity contribution is -0.124. The summed E-state index contributed by atoms with van der Waals surface area (Å²) in [4.78, 5) is 19.6. The molecular formula is C16H23ClN4O2. The van der Waals surface area contributed by atoms with E-state index in [1.165, 1.54) is 7.11 Å². The van der Waals surface area contributed by atoms with Crippen LogP contribution in [0.4, 0.5) is 0 Å². The van der Waals surface area contributed by atoms with Gasteiger partial charge < -0.3 is 20.8 Å². The van der Waals surface area contributed by atoms with Crippen molar-refractivity contribution < 1.29 is 9.53 Å². The number of hydrogen-bond donors (Lipinski definition) is 3. The zero-order valence-electron chi connectivity index (χ0n) is 13.3. The standard InChI is InChI=1S/C16H22N4O2.ClH/c1-3-13(20-16(21)12(17)10-22-2)15-18-9-14(19-15)11-7-5-4-6-8-11;/h4-9,12-13H,3,10,17H2,1-2H3,(H,18,19)(H,20,21);1H. The first-order valence-electron chi connectivity index (χ1n) is 7.31. The van der Waals surface area contributed by atoms with Crippen molar-refractivity contribution >= 4 is 18.3 Å². The van der Waals surface area contributed by atoms with Gasteiger partial charge in [0, 0.05) is 7.11 Å². The SMILES string of the molecule is CCC(NC(=O)C(N)COC)c1ncc(-c2ccccc2)[nH]1.Cl. The molecule has 1 aromatic carbocycles. The zero-order chi connectivity index (χ0) is 15.9. The molecular weight excluding hydrogens is 316 g/mol. The summed E-state index contributed by atoms with van der Waals surface area (Å²) in [6.07, 6.45) is 2.49. The van der Waals surface area contributed by atoms with Crippen LogP contribution in [0.5, 0.6) is 0 Å². The number of aromatic nitrogens is 2. The van der Waals surface area contributed by atoms with Crippen molar-refractivity contribution in [2.24, 2.45) is 5.73 Å². The number of aromatic amines is 1. The van der Waals surface area contributed by atoms with Gasteiger partial charge in [-0.1, -0.05) is 37.3 Å². The highest BCUT2D eigenvalue weighted by atomic mass is 35.5. The number of halogens is 1. The highest BCUT2D eigenvalue weighted by molar-refractivity contribution is 5.85. The molecule has 0 saturated heterocycles. The molecule has 2 atom stereocenters. The summed E-state index contributed by atoms with van der Waals surface area (Å²) in [6.45, 7) is 2.17. The third-order valence-electron chi connectivity index (χ3n) is 3.42. The molecule has 0 bridgehead atoms. The summed E-state index contributed by atoms with van der Waals surface area (Å²) in [5.74, 6) is 0.477. The Morgan fingerprint density at radius 1 is 1.39 bits per heavy atom. The van der Waals surface area contributed by atoms with Crippen LogP contribution in [-0.4, -0.2) is 35.6 Å². The molecule has 0 fully saturated rings. The van der Waals surface area contributed by atoms with Gasteiger partial charge in [-0.25, -0.2) is 4.98 Å². The second kappa shape index (κ2) is 9.29. The second-order valence-electron chi connectivity index (χ2n) is 5.08. The third-order valence-corrected chi connectivity index (χ3v) is 3.42. The normalized spacial score (nSPS) is 13.0. The minimum atomic E-state index is -0.678. The average molecular weight is 339 g/mol. The van der Waals surface area contributed by atoms with E-state index in [0.717, 1.165) is 17.1 Å². The first kappa shape index (κ1) is 19.2. The zero-order valence-corrected chi connectivity index (χ0v) is 14.1. The van der Waals surface area contributed by atoms with E-state index in [2.05, 4.69) is 15.3 Å². The van der Waals surface area contributed by atoms with E-state index in [9.17, 15) is 4.79 Å². The predicted molar refractivity (Wildman–Crippen MR) is 92.3 cm³/mol. The van der Waals surface area contributed by atoms with Crippen molar-refractivity contribution in [1.29, 1.82) is 0 Å². The number of methoxy groups -OCH3 is 1. The Hall–Kier alpha value is -1.89. The Balaban J connectivity index is 0.00000264. The molecule has 0 radical (unpaired) electrons. The largest absolute Gasteiger partial charge is 0.383 e. The summed E-state index contributed by atoms with van der Waals surface area (Å²) in [6, 6.07) is 9.04. The number of imidazole rings is 1. The van der Waals surface area contributed by atoms with Crippen molar-refractivity contribution in [1.82, 2.24) is 15.3 Å². The molecule has 0 aliphatic heterocycles. The van der Waals surface area contributed by atoms with Crippen LogP contribution in [0.3, 0.4) is 0 Å². The van der Waals surface area contributed by atoms with Crippen LogP contribution in [0.2, 0.25) is 0 Å². The van der Waals surface area contributed by atoms with Gasteiger partial charge in [0.15, 0.2) is 0 Å². The molecule has 7 heteroatoms. The number of amides is 1. The fraction of sp³-hybridized carbons (Fsp3) is 0.375. The molecule has 1 amide bonds. The van der Waals surface area contributed by atoms with Crippen LogP contribution in [0.15, 0.2) is 36.5 Å². The molecule has 23 heavy (non-hydrogen) atoms. The van der Waals surface area contributed by atoms with Crippen LogP contribution >= 0.6 is 12.4 Å². The summed E-state index contributed by atoms with van der Waals surface area (Å²) in [7, 11) is 1.52. The predicted octanol–water partition coefficient (Wildman–Crippen LogP) is 2.04. The van der Waals surface area contributed by atoms with Gasteiger partial charge in [0.25, 0.3) is 0 Å². The fourth-order valence-electron chi connectivity index (χ4n) is 2.18. The maximum absolute atomic E-state index is 12.0. The number of ether oxygens (including phenoxy) is 1. The van der Waals surface area contributed by atoms with Gasteiger partial charge in [-0.2, -0.15) is 0 Å². The van der Waals surface area contributed by atoms with Gasteiger partial charge in [0.2, 0.25) is 5.91 Å². The van der Waals surface area contributed by atoms with E-state index in [-0.39, 0.29) is 31.0 Å². The van der Waals surface area contributed by atoms with Crippen LogP contribution in [0.25, 0.3) is 11.3 Å². The lowest BCUT2D eigenvalue weighted by atomic mass is 10.2. The molecule has 0 saturated carbocycles. The van der Waals surface area contributed by atoms with E-state index in [4.69, 9.17) is 10.5 Å². The number of hydrogen-bond acceptors (Lipinski definition) is 4. The molecule has 0 aliphatic carbocycles. The van der Waals surface area contributed by atoms with Crippen molar-refractivity contribution in [2.45, 2.75) is 25.4 Å². The monoisotopic (exact) mass is 338 g/mol. The van der Waals surface area contributed by atoms with Gasteiger partial charge in [0.05, 0.1) is 24.5 Å². The number of nitrogens with two attached hydrogens (primary N) is 1. The van der Waals surface area contributed by atoms with Crippen LogP contribution in [0.1, 0.15) is 25.2 Å². The van der Waals surface area contributed by atoms with Crippen molar-refractivity contribution in [3.8, 4) is 11.3 Å². The molecule has 0 aliphatic rings. The first-order valence-corrected chi connectivity index (χ1v) is 7.31. The number of carbonyl (C=O) groups excluding carboxylic acids is 1. The lowest BCUT2D eigenvalue weighted by Gasteiger charge is -2.17. The van der Waals surface area contributed by atoms with Crippen molar-refractivity contribution in [3.05, 3.63) is 42.4 Å². The van der Waals surface area contributed by atoms with Gasteiger partial charge in [0.1, 0.15) is 11.9 Å². The summed E-state index contributed by atoms with van der Waals surface area (Å²) >= 11 is 0. The topological polar surface area (TPSA) is 93.0 Å². The first-order chi connectivity index (χ1) is 10.7. The number of nitrogens with one attached hydrogen (secondary N) is 2. The minimum absolute atomic E-state index is 0. The van der Waals surface area contributed by atoms with Gasteiger partial charge in [-0.05, 0) is 12.0 Å². The summed E-state index contributed by atoms with van der Waals surface area (Å²) in [5, 5.41) is 2.89. The third kappa shape index (κ3) is 5.06. The highest BCUT2D eigenvalue weighted by Gasteiger charge is 2.20. The smallest absolute Gasteiger partial charge is 0.239 e. The van der Waals surface area contributed by atoms with Gasteiger partial charge in [-0.15, -0.1) is 12.4 Å². The molecule has 2 rings (SSSR count). The highest BCUT2D eigenvalue weighted by Crippen LogP contribution is 2.20. The number of nitrogens with zero attached hydrogens (tertiary/aromatic N) is 1. The fourth-order valence-corrected chi connectivity index (χ4v) is 2.18. The molecule has 1 heterocycles. The van der Waals surface area contributed by atoms with E-state index in [1.54, 1.807) is 6.20 Å². The average Bonchev–Trinajstić information content (AvgIpc) is 3.03. The Morgan fingerprint density at radius 3 is 2.70 bits per heavy atom. The molecule has 4 N–H and O–H groups in total. The van der Waals surface area contributed by atoms with Gasteiger partial charge in [-0.3, -0.25) is 4.79 Å². The maximum Gasteiger partial charge on any atom is 0.239 e. The molecule has 126 valence electrons.